The van der Waals surface area contributed by atoms with E-state index in [1.54, 1.807) is 25.2 Å². The van der Waals surface area contributed by atoms with Crippen molar-refractivity contribution < 1.29 is 9.59 Å². The quantitative estimate of drug-likeness (QED) is 0.892. The molecule has 1 aromatic rings. The summed E-state index contributed by atoms with van der Waals surface area (Å²) in [6, 6.07) is 4.98. The lowest BCUT2D eigenvalue weighted by Gasteiger charge is -2.19. The number of nitrogens with one attached hydrogen (secondary N) is 1. The van der Waals surface area contributed by atoms with Crippen LogP contribution >= 0.6 is 11.6 Å². The Kier molecular flexibility index (Phi) is 3.57. The van der Waals surface area contributed by atoms with Crippen LogP contribution in [0.1, 0.15) is 18.4 Å². The van der Waals surface area contributed by atoms with Crippen LogP contribution < -0.4 is 5.32 Å². The number of nitrogens with zero attached hydrogens (tertiary/aromatic N) is 1. The van der Waals surface area contributed by atoms with Crippen LogP contribution in [0, 0.1) is 6.92 Å². The number of amides is 2. The van der Waals surface area contributed by atoms with Crippen molar-refractivity contribution in [3.8, 4) is 0 Å². The second kappa shape index (κ2) is 4.98. The van der Waals surface area contributed by atoms with Crippen LogP contribution in [0.5, 0.6) is 0 Å². The second-order valence-electron chi connectivity index (χ2n) is 4.46. The van der Waals surface area contributed by atoms with Gasteiger partial charge in [-0.3, -0.25) is 9.59 Å². The third kappa shape index (κ3) is 2.34. The van der Waals surface area contributed by atoms with E-state index in [2.05, 4.69) is 5.32 Å². The maximum atomic E-state index is 12.1. The molecule has 0 aliphatic carbocycles. The SMILES string of the molecule is Cc1c(Cl)cccc1NC(=O)C1CCC(=O)N1C. The predicted octanol–water partition coefficient (Wildman–Crippen LogP) is 2.21. The van der Waals surface area contributed by atoms with E-state index >= 15 is 0 Å². The first kappa shape index (κ1) is 12.9. The fourth-order valence-electron chi connectivity index (χ4n) is 2.07. The van der Waals surface area contributed by atoms with Crippen LogP contribution in [0.2, 0.25) is 5.02 Å². The Bertz CT molecular complexity index is 502. The first-order valence-electron chi connectivity index (χ1n) is 5.82. The van der Waals surface area contributed by atoms with E-state index in [1.807, 2.05) is 6.92 Å². The van der Waals surface area contributed by atoms with E-state index in [0.29, 0.717) is 23.6 Å². The fraction of sp³-hybridized carbons (Fsp3) is 0.385. The van der Waals surface area contributed by atoms with Gasteiger partial charge in [-0.15, -0.1) is 0 Å². The van der Waals surface area contributed by atoms with Crippen LogP contribution in [-0.4, -0.2) is 29.8 Å². The number of benzene rings is 1. The minimum atomic E-state index is -0.379. The van der Waals surface area contributed by atoms with Gasteiger partial charge < -0.3 is 10.2 Å². The minimum Gasteiger partial charge on any atom is -0.334 e. The van der Waals surface area contributed by atoms with Crippen molar-refractivity contribution in [2.45, 2.75) is 25.8 Å². The summed E-state index contributed by atoms with van der Waals surface area (Å²) in [5.41, 5.74) is 1.53. The Hall–Kier alpha value is -1.55. The molecule has 0 bridgehead atoms. The molecule has 0 spiro atoms. The molecule has 1 fully saturated rings. The number of hydrogen-bond donors (Lipinski definition) is 1. The van der Waals surface area contributed by atoms with E-state index in [-0.39, 0.29) is 17.9 Å². The molecule has 1 aliphatic rings. The van der Waals surface area contributed by atoms with Gasteiger partial charge in [0, 0.05) is 24.2 Å². The second-order valence-corrected chi connectivity index (χ2v) is 4.87. The molecule has 2 amide bonds. The van der Waals surface area contributed by atoms with Crippen LogP contribution in [0.15, 0.2) is 18.2 Å². The summed E-state index contributed by atoms with van der Waals surface area (Å²) in [6.07, 6.45) is 1.00. The van der Waals surface area contributed by atoms with Crippen molar-refractivity contribution in [2.75, 3.05) is 12.4 Å². The summed E-state index contributed by atoms with van der Waals surface area (Å²) in [5, 5.41) is 3.44. The molecule has 1 heterocycles. The maximum Gasteiger partial charge on any atom is 0.247 e. The molecule has 1 saturated heterocycles. The molecule has 1 N–H and O–H groups in total. The van der Waals surface area contributed by atoms with Gasteiger partial charge in [0.15, 0.2) is 0 Å². The van der Waals surface area contributed by atoms with E-state index in [1.165, 1.54) is 4.90 Å². The summed E-state index contributed by atoms with van der Waals surface area (Å²) in [6.45, 7) is 1.85. The molecule has 2 rings (SSSR count). The highest BCUT2D eigenvalue weighted by Crippen LogP contribution is 2.24. The smallest absolute Gasteiger partial charge is 0.247 e. The summed E-state index contributed by atoms with van der Waals surface area (Å²) in [5.74, 6) is -0.147. The standard InChI is InChI=1S/C13H15ClN2O2/c1-8-9(14)4-3-5-10(8)15-13(18)11-6-7-12(17)16(11)2/h3-5,11H,6-7H2,1-2H3,(H,15,18). The summed E-state index contributed by atoms with van der Waals surface area (Å²) in [4.78, 5) is 25.0. The van der Waals surface area contributed by atoms with Crippen LogP contribution in [0.4, 0.5) is 5.69 Å². The number of likely N-dealkylation sites (N-methyl/N-ethyl adjacent to an activating group) is 1. The number of carbonyl (C=O) groups is 2. The monoisotopic (exact) mass is 266 g/mol. The van der Waals surface area contributed by atoms with E-state index < -0.39 is 0 Å². The average Bonchev–Trinajstić information content (AvgIpc) is 2.66. The molecule has 1 aliphatic heterocycles. The molecule has 18 heavy (non-hydrogen) atoms. The van der Waals surface area contributed by atoms with Gasteiger partial charge in [-0.25, -0.2) is 0 Å². The first-order chi connectivity index (χ1) is 8.50. The molecule has 0 radical (unpaired) electrons. The van der Waals surface area contributed by atoms with E-state index in [4.69, 9.17) is 11.6 Å². The maximum absolute atomic E-state index is 12.1. The van der Waals surface area contributed by atoms with Crippen molar-refractivity contribution in [1.82, 2.24) is 4.90 Å². The highest BCUT2D eigenvalue weighted by atomic mass is 35.5. The van der Waals surface area contributed by atoms with Crippen molar-refractivity contribution >= 4 is 29.1 Å². The predicted molar refractivity (Wildman–Crippen MR) is 70.6 cm³/mol. The normalized spacial score (nSPS) is 19.2. The zero-order valence-corrected chi connectivity index (χ0v) is 11.1. The molecular weight excluding hydrogens is 252 g/mol. The third-order valence-corrected chi connectivity index (χ3v) is 3.73. The molecule has 0 aromatic heterocycles. The minimum absolute atomic E-state index is 0.0120. The van der Waals surface area contributed by atoms with Crippen LogP contribution in [0.3, 0.4) is 0 Å². The summed E-state index contributed by atoms with van der Waals surface area (Å²) in [7, 11) is 1.66. The Morgan fingerprint density at radius 3 is 2.83 bits per heavy atom. The average molecular weight is 267 g/mol. The summed E-state index contributed by atoms with van der Waals surface area (Å²) >= 11 is 5.99. The van der Waals surface area contributed by atoms with E-state index in [0.717, 1.165) is 5.56 Å². The number of anilines is 1. The lowest BCUT2D eigenvalue weighted by Crippen LogP contribution is -2.39. The fourth-order valence-corrected chi connectivity index (χ4v) is 2.24. The van der Waals surface area contributed by atoms with Gasteiger partial charge >= 0.3 is 0 Å². The first-order valence-corrected chi connectivity index (χ1v) is 6.20. The molecule has 1 atom stereocenters. The lowest BCUT2D eigenvalue weighted by molar-refractivity contribution is -0.131. The Morgan fingerprint density at radius 1 is 1.50 bits per heavy atom. The van der Waals surface area contributed by atoms with Crippen molar-refractivity contribution in [1.29, 1.82) is 0 Å². The number of hydrogen-bond acceptors (Lipinski definition) is 2. The Balaban J connectivity index is 2.12. The van der Waals surface area contributed by atoms with Crippen LogP contribution in [0.25, 0.3) is 0 Å². The van der Waals surface area contributed by atoms with Crippen molar-refractivity contribution in [3.63, 3.8) is 0 Å². The van der Waals surface area contributed by atoms with E-state index in [9.17, 15) is 9.59 Å². The Morgan fingerprint density at radius 2 is 2.22 bits per heavy atom. The van der Waals surface area contributed by atoms with Crippen LogP contribution in [-0.2, 0) is 9.59 Å². The van der Waals surface area contributed by atoms with Gasteiger partial charge in [0.1, 0.15) is 6.04 Å². The number of halogens is 1. The molecule has 5 heteroatoms. The molecule has 1 aromatic carbocycles. The Labute approximate surface area is 111 Å². The molecule has 0 saturated carbocycles. The number of carbonyl (C=O) groups excluding carboxylic acids is 2. The number of likely N-dealkylation sites (tertiary alicyclic amines) is 1. The zero-order chi connectivity index (χ0) is 13.3. The molecule has 1 unspecified atom stereocenters. The van der Waals surface area contributed by atoms with Gasteiger partial charge in [0.25, 0.3) is 0 Å². The molecule has 96 valence electrons. The topological polar surface area (TPSA) is 49.4 Å². The largest absolute Gasteiger partial charge is 0.334 e. The number of rotatable bonds is 2. The summed E-state index contributed by atoms with van der Waals surface area (Å²) < 4.78 is 0. The highest BCUT2D eigenvalue weighted by Gasteiger charge is 2.33. The van der Waals surface area contributed by atoms with Gasteiger partial charge in [-0.05, 0) is 31.0 Å². The van der Waals surface area contributed by atoms with Crippen molar-refractivity contribution in [2.24, 2.45) is 0 Å². The zero-order valence-electron chi connectivity index (χ0n) is 10.4. The van der Waals surface area contributed by atoms with Crippen molar-refractivity contribution in [3.05, 3.63) is 28.8 Å². The lowest BCUT2D eigenvalue weighted by atomic mass is 10.1. The van der Waals surface area contributed by atoms with Gasteiger partial charge in [-0.1, -0.05) is 17.7 Å². The van der Waals surface area contributed by atoms with Gasteiger partial charge in [0.05, 0.1) is 0 Å². The van der Waals surface area contributed by atoms with Gasteiger partial charge in [-0.2, -0.15) is 0 Å². The highest BCUT2D eigenvalue weighted by molar-refractivity contribution is 6.31. The third-order valence-electron chi connectivity index (χ3n) is 3.32. The molecular formula is C13H15ClN2O2. The molecule has 4 nitrogen and oxygen atoms in total. The van der Waals surface area contributed by atoms with Gasteiger partial charge in [0.2, 0.25) is 11.8 Å².